The van der Waals surface area contributed by atoms with Gasteiger partial charge in [0.1, 0.15) is 11.5 Å². The average molecular weight is 400 g/mol. The van der Waals surface area contributed by atoms with Crippen LogP contribution in [0.15, 0.2) is 84.9 Å². The number of amides is 2. The van der Waals surface area contributed by atoms with Crippen LogP contribution in [-0.4, -0.2) is 47.8 Å². The minimum atomic E-state index is -0.0183. The number of para-hydroxylation sites is 1. The molecule has 0 radical (unpaired) electrons. The zero-order chi connectivity index (χ0) is 20.8. The van der Waals surface area contributed by atoms with Crippen molar-refractivity contribution in [3.05, 3.63) is 96.1 Å². The van der Waals surface area contributed by atoms with Crippen molar-refractivity contribution in [2.75, 3.05) is 26.2 Å². The van der Waals surface area contributed by atoms with E-state index in [0.717, 1.165) is 12.2 Å². The Bertz CT molecular complexity index is 988. The molecule has 0 atom stereocenters. The molecule has 5 heteroatoms. The fourth-order valence-corrected chi connectivity index (χ4v) is 3.56. The van der Waals surface area contributed by atoms with Gasteiger partial charge in [0.15, 0.2) is 0 Å². The summed E-state index contributed by atoms with van der Waals surface area (Å²) in [6, 6.07) is 26.0. The van der Waals surface area contributed by atoms with Gasteiger partial charge in [-0.05, 0) is 55.0 Å². The maximum Gasteiger partial charge on any atom is 0.253 e. The maximum absolute atomic E-state index is 13.0. The van der Waals surface area contributed by atoms with E-state index in [9.17, 15) is 9.59 Å². The highest BCUT2D eigenvalue weighted by atomic mass is 16.5. The van der Waals surface area contributed by atoms with Crippen molar-refractivity contribution < 1.29 is 14.3 Å². The summed E-state index contributed by atoms with van der Waals surface area (Å²) in [6.07, 6.45) is 0.763. The van der Waals surface area contributed by atoms with E-state index in [4.69, 9.17) is 4.74 Å². The van der Waals surface area contributed by atoms with Crippen LogP contribution in [0.4, 0.5) is 0 Å². The van der Waals surface area contributed by atoms with Gasteiger partial charge in [-0.15, -0.1) is 0 Å². The molecule has 0 aromatic heterocycles. The van der Waals surface area contributed by atoms with E-state index in [2.05, 4.69) is 0 Å². The zero-order valence-electron chi connectivity index (χ0n) is 16.7. The molecule has 0 bridgehead atoms. The van der Waals surface area contributed by atoms with Crippen LogP contribution >= 0.6 is 0 Å². The molecule has 1 heterocycles. The van der Waals surface area contributed by atoms with Gasteiger partial charge in [0.05, 0.1) is 0 Å². The Hall–Kier alpha value is -3.60. The molecule has 5 nitrogen and oxygen atoms in total. The first-order chi connectivity index (χ1) is 14.7. The van der Waals surface area contributed by atoms with Gasteiger partial charge in [-0.1, -0.05) is 36.4 Å². The Morgan fingerprint density at radius 3 is 1.60 bits per heavy atom. The van der Waals surface area contributed by atoms with Gasteiger partial charge in [0.2, 0.25) is 0 Å². The fourth-order valence-electron chi connectivity index (χ4n) is 3.56. The first-order valence-electron chi connectivity index (χ1n) is 10.2. The molecule has 0 aliphatic carbocycles. The zero-order valence-corrected chi connectivity index (χ0v) is 16.7. The van der Waals surface area contributed by atoms with Crippen molar-refractivity contribution in [2.24, 2.45) is 0 Å². The predicted molar refractivity (Wildman–Crippen MR) is 116 cm³/mol. The lowest BCUT2D eigenvalue weighted by Gasteiger charge is -2.22. The molecule has 30 heavy (non-hydrogen) atoms. The van der Waals surface area contributed by atoms with E-state index in [0.29, 0.717) is 43.1 Å². The lowest BCUT2D eigenvalue weighted by molar-refractivity contribution is 0.0718. The van der Waals surface area contributed by atoms with Crippen molar-refractivity contribution in [3.8, 4) is 11.5 Å². The van der Waals surface area contributed by atoms with Crippen LogP contribution in [-0.2, 0) is 0 Å². The van der Waals surface area contributed by atoms with Gasteiger partial charge in [-0.25, -0.2) is 0 Å². The van der Waals surface area contributed by atoms with E-state index in [-0.39, 0.29) is 11.8 Å². The minimum absolute atomic E-state index is 0.0183. The quantitative estimate of drug-likeness (QED) is 0.649. The highest BCUT2D eigenvalue weighted by molar-refractivity contribution is 5.95. The van der Waals surface area contributed by atoms with Gasteiger partial charge >= 0.3 is 0 Å². The van der Waals surface area contributed by atoms with Crippen molar-refractivity contribution in [3.63, 3.8) is 0 Å². The molecule has 1 saturated heterocycles. The predicted octanol–water partition coefficient (Wildman–Crippen LogP) is 4.47. The smallest absolute Gasteiger partial charge is 0.253 e. The third kappa shape index (κ3) is 4.69. The summed E-state index contributed by atoms with van der Waals surface area (Å²) in [5.41, 5.74) is 1.31. The van der Waals surface area contributed by atoms with Gasteiger partial charge < -0.3 is 14.5 Å². The van der Waals surface area contributed by atoms with Crippen LogP contribution in [0.25, 0.3) is 0 Å². The molecule has 0 spiro atoms. The number of hydrogen-bond acceptors (Lipinski definition) is 3. The summed E-state index contributed by atoms with van der Waals surface area (Å²) in [6.45, 7) is 2.36. The summed E-state index contributed by atoms with van der Waals surface area (Å²) in [7, 11) is 0. The summed E-state index contributed by atoms with van der Waals surface area (Å²) in [5.74, 6) is 1.45. The van der Waals surface area contributed by atoms with Gasteiger partial charge in [0, 0.05) is 37.3 Å². The lowest BCUT2D eigenvalue weighted by atomic mass is 10.2. The van der Waals surface area contributed by atoms with Crippen LogP contribution in [0.5, 0.6) is 11.5 Å². The number of rotatable bonds is 4. The van der Waals surface area contributed by atoms with E-state index in [1.807, 2.05) is 82.6 Å². The number of ether oxygens (including phenoxy) is 1. The molecule has 3 aromatic carbocycles. The molecule has 3 aromatic rings. The molecule has 0 N–H and O–H groups in total. The molecular formula is C25H24N2O3. The van der Waals surface area contributed by atoms with Crippen LogP contribution in [0.3, 0.4) is 0 Å². The number of carbonyl (C=O) groups is 2. The molecule has 0 saturated carbocycles. The Morgan fingerprint density at radius 2 is 1.03 bits per heavy atom. The topological polar surface area (TPSA) is 49.9 Å². The standard InChI is InChI=1S/C25H24N2O3/c28-24(20-8-3-1-4-9-20)26-16-7-17-27(19-18-26)25(29)21-12-14-23(15-13-21)30-22-10-5-2-6-11-22/h1-6,8-15H,7,16-19H2. The Labute approximate surface area is 176 Å². The van der Waals surface area contributed by atoms with Crippen LogP contribution in [0, 0.1) is 0 Å². The second kappa shape index (κ2) is 9.27. The van der Waals surface area contributed by atoms with Crippen molar-refractivity contribution in [1.29, 1.82) is 0 Å². The summed E-state index contributed by atoms with van der Waals surface area (Å²) < 4.78 is 5.79. The Kier molecular flexibility index (Phi) is 6.09. The van der Waals surface area contributed by atoms with Crippen molar-refractivity contribution in [2.45, 2.75) is 6.42 Å². The molecule has 1 aliphatic rings. The van der Waals surface area contributed by atoms with E-state index in [1.54, 1.807) is 12.1 Å². The molecule has 4 rings (SSSR count). The van der Waals surface area contributed by atoms with E-state index < -0.39 is 0 Å². The lowest BCUT2D eigenvalue weighted by Crippen LogP contribution is -2.37. The third-order valence-corrected chi connectivity index (χ3v) is 5.17. The van der Waals surface area contributed by atoms with Gasteiger partial charge in [-0.2, -0.15) is 0 Å². The third-order valence-electron chi connectivity index (χ3n) is 5.17. The van der Waals surface area contributed by atoms with Crippen LogP contribution in [0.1, 0.15) is 27.1 Å². The van der Waals surface area contributed by atoms with Crippen molar-refractivity contribution >= 4 is 11.8 Å². The molecule has 2 amide bonds. The SMILES string of the molecule is O=C(c1ccccc1)N1CCCN(C(=O)c2ccc(Oc3ccccc3)cc2)CC1. The Balaban J connectivity index is 1.37. The second-order valence-corrected chi connectivity index (χ2v) is 7.24. The monoisotopic (exact) mass is 400 g/mol. The van der Waals surface area contributed by atoms with Crippen molar-refractivity contribution in [1.82, 2.24) is 9.80 Å². The number of carbonyl (C=O) groups excluding carboxylic acids is 2. The first kappa shape index (κ1) is 19.7. The van der Waals surface area contributed by atoms with Crippen LogP contribution < -0.4 is 4.74 Å². The maximum atomic E-state index is 13.0. The fraction of sp³-hybridized carbons (Fsp3) is 0.200. The van der Waals surface area contributed by atoms with Gasteiger partial charge in [-0.3, -0.25) is 9.59 Å². The van der Waals surface area contributed by atoms with E-state index in [1.165, 1.54) is 0 Å². The normalized spacial score (nSPS) is 14.1. The second-order valence-electron chi connectivity index (χ2n) is 7.24. The highest BCUT2D eigenvalue weighted by Gasteiger charge is 2.23. The van der Waals surface area contributed by atoms with Crippen LogP contribution in [0.2, 0.25) is 0 Å². The molecule has 1 aliphatic heterocycles. The first-order valence-corrected chi connectivity index (χ1v) is 10.2. The van der Waals surface area contributed by atoms with Gasteiger partial charge in [0.25, 0.3) is 11.8 Å². The average Bonchev–Trinajstić information content (AvgIpc) is 3.06. The molecular weight excluding hydrogens is 376 g/mol. The number of hydrogen-bond donors (Lipinski definition) is 0. The highest BCUT2D eigenvalue weighted by Crippen LogP contribution is 2.22. The number of benzene rings is 3. The summed E-state index contributed by atoms with van der Waals surface area (Å²) >= 11 is 0. The minimum Gasteiger partial charge on any atom is -0.457 e. The molecule has 152 valence electrons. The summed E-state index contributed by atoms with van der Waals surface area (Å²) in [5, 5.41) is 0. The molecule has 1 fully saturated rings. The molecule has 0 unspecified atom stereocenters. The number of nitrogens with zero attached hydrogens (tertiary/aromatic N) is 2. The Morgan fingerprint density at radius 1 is 0.567 bits per heavy atom. The van der Waals surface area contributed by atoms with E-state index >= 15 is 0 Å². The largest absolute Gasteiger partial charge is 0.457 e. The summed E-state index contributed by atoms with van der Waals surface area (Å²) in [4.78, 5) is 29.3.